The third-order valence-corrected chi connectivity index (χ3v) is 19.1. The van der Waals surface area contributed by atoms with Crippen LogP contribution in [0.3, 0.4) is 0 Å². The fraction of sp³-hybridized carbons (Fsp3) is 1.00. The second kappa shape index (κ2) is 5.39. The summed E-state index contributed by atoms with van der Waals surface area (Å²) in [6.45, 7) is 4.21. The Labute approximate surface area is 85.4 Å². The first-order chi connectivity index (χ1) is 6.05. The van der Waals surface area contributed by atoms with Gasteiger partial charge in [-0.2, -0.15) is 0 Å². The molecule has 0 aliphatic rings. The molecule has 0 saturated carbocycles. The third kappa shape index (κ3) is 2.29. The fourth-order valence-electron chi connectivity index (χ4n) is 1.38. The summed E-state index contributed by atoms with van der Waals surface area (Å²) in [6.07, 6.45) is 0. The fourth-order valence-corrected chi connectivity index (χ4v) is 13.2. The maximum absolute atomic E-state index is 5.69. The smallest absolute Gasteiger partial charge is 0.460 e. The van der Waals surface area contributed by atoms with Gasteiger partial charge in [0.05, 0.1) is 0 Å². The monoisotopic (exact) mass is 240 g/mol. The molecule has 0 rings (SSSR count). The summed E-state index contributed by atoms with van der Waals surface area (Å²) in [4.78, 5) is 0. The average Bonchev–Trinajstić information content (AvgIpc) is 2.20. The van der Waals surface area contributed by atoms with E-state index >= 15 is 0 Å². The summed E-state index contributed by atoms with van der Waals surface area (Å²) < 4.78 is 22.0. The molecule has 0 aromatic carbocycles. The molecule has 0 radical (unpaired) electrons. The number of hydrogen-bond acceptors (Lipinski definition) is 4. The van der Waals surface area contributed by atoms with Crippen molar-refractivity contribution in [3.05, 3.63) is 0 Å². The van der Waals surface area contributed by atoms with Gasteiger partial charge in [-0.15, -0.1) is 0 Å². The van der Waals surface area contributed by atoms with Crippen molar-refractivity contribution in [2.75, 3.05) is 21.3 Å². The van der Waals surface area contributed by atoms with Crippen LogP contribution in [0, 0.1) is 0 Å². The number of rotatable bonds is 6. The zero-order valence-corrected chi connectivity index (χ0v) is 13.3. The molecule has 0 aliphatic heterocycles. The summed E-state index contributed by atoms with van der Waals surface area (Å²) >= 11 is 0. The van der Waals surface area contributed by atoms with Gasteiger partial charge in [0, 0.05) is 21.3 Å². The average molecular weight is 240 g/mol. The lowest BCUT2D eigenvalue weighted by atomic mass is 11.0. The standard InChI is InChI=1S/C6H20O4Si3/c1-6-12(5,10-11)13(7-2,8-3)9-4/h6H2,1-5,11H3. The zero-order valence-electron chi connectivity index (χ0n) is 9.34. The van der Waals surface area contributed by atoms with Crippen molar-refractivity contribution in [3.63, 3.8) is 0 Å². The molecule has 4 nitrogen and oxygen atoms in total. The van der Waals surface area contributed by atoms with Crippen LogP contribution < -0.4 is 0 Å². The van der Waals surface area contributed by atoms with E-state index in [4.69, 9.17) is 17.4 Å². The van der Waals surface area contributed by atoms with Gasteiger partial charge in [-0.3, -0.25) is 0 Å². The molecule has 13 heavy (non-hydrogen) atoms. The van der Waals surface area contributed by atoms with Gasteiger partial charge in [0.15, 0.2) is 0 Å². The van der Waals surface area contributed by atoms with Crippen LogP contribution in [-0.2, 0) is 17.4 Å². The minimum atomic E-state index is -2.52. The van der Waals surface area contributed by atoms with E-state index in [1.165, 1.54) is 0 Å². The normalized spacial score (nSPS) is 17.3. The lowest BCUT2D eigenvalue weighted by Gasteiger charge is -2.37. The molecule has 0 bridgehead atoms. The Morgan fingerprint density at radius 2 is 1.46 bits per heavy atom. The highest BCUT2D eigenvalue weighted by molar-refractivity contribution is 7.32. The molecule has 1 atom stereocenters. The van der Waals surface area contributed by atoms with Crippen molar-refractivity contribution in [1.29, 1.82) is 0 Å². The summed E-state index contributed by atoms with van der Waals surface area (Å²) in [5.74, 6) is 0. The SMILES string of the molecule is CC[Si](C)(O[SiH3])[Si](OC)(OC)OC. The molecule has 0 N–H and O–H groups in total. The Hall–Kier alpha value is 0.491. The Kier molecular flexibility index (Phi) is 5.59. The quantitative estimate of drug-likeness (QED) is 0.605. The first-order valence-corrected chi connectivity index (χ1v) is 10.4. The lowest BCUT2D eigenvalue weighted by Crippen LogP contribution is -2.67. The molecule has 0 heterocycles. The van der Waals surface area contributed by atoms with Crippen molar-refractivity contribution in [2.24, 2.45) is 0 Å². The lowest BCUT2D eigenvalue weighted by molar-refractivity contribution is 0.140. The van der Waals surface area contributed by atoms with Gasteiger partial charge >= 0.3 is 8.32 Å². The first kappa shape index (κ1) is 13.5. The largest absolute Gasteiger partial charge is 0.501 e. The van der Waals surface area contributed by atoms with Gasteiger partial charge in [0.1, 0.15) is 10.5 Å². The van der Waals surface area contributed by atoms with Crippen molar-refractivity contribution in [2.45, 2.75) is 19.5 Å². The van der Waals surface area contributed by atoms with Crippen molar-refractivity contribution < 1.29 is 17.4 Å². The van der Waals surface area contributed by atoms with Crippen LogP contribution in [0.5, 0.6) is 0 Å². The molecule has 0 aromatic heterocycles. The molecule has 0 spiro atoms. The van der Waals surface area contributed by atoms with Gasteiger partial charge in [0.25, 0.3) is 7.83 Å². The van der Waals surface area contributed by atoms with Crippen molar-refractivity contribution in [1.82, 2.24) is 0 Å². The Balaban J connectivity index is 4.87. The van der Waals surface area contributed by atoms with E-state index in [-0.39, 0.29) is 0 Å². The molecular weight excluding hydrogens is 220 g/mol. The maximum atomic E-state index is 5.69. The van der Waals surface area contributed by atoms with Crippen LogP contribution in [0.4, 0.5) is 0 Å². The van der Waals surface area contributed by atoms with Gasteiger partial charge in [-0.1, -0.05) is 6.92 Å². The predicted octanol–water partition coefficient (Wildman–Crippen LogP) is -0.165. The van der Waals surface area contributed by atoms with Gasteiger partial charge in [-0.25, -0.2) is 0 Å². The van der Waals surface area contributed by atoms with Crippen molar-refractivity contribution >= 4 is 26.6 Å². The summed E-state index contributed by atoms with van der Waals surface area (Å²) in [5, 5.41) is 0. The molecular formula is C6H20O4Si3. The van der Waals surface area contributed by atoms with Gasteiger partial charge < -0.3 is 17.4 Å². The van der Waals surface area contributed by atoms with E-state index in [0.29, 0.717) is 10.5 Å². The topological polar surface area (TPSA) is 36.9 Å². The molecule has 0 aliphatic carbocycles. The predicted molar refractivity (Wildman–Crippen MR) is 59.9 cm³/mol. The Morgan fingerprint density at radius 3 is 1.54 bits per heavy atom. The second-order valence-electron chi connectivity index (χ2n) is 2.96. The van der Waals surface area contributed by atoms with Crippen LogP contribution in [-0.4, -0.2) is 48.0 Å². The summed E-state index contributed by atoms with van der Waals surface area (Å²) in [5.41, 5.74) is 0. The number of hydrogen-bond donors (Lipinski definition) is 0. The van der Waals surface area contributed by atoms with Crippen LogP contribution in [0.25, 0.3) is 0 Å². The van der Waals surface area contributed by atoms with Crippen LogP contribution >= 0.6 is 0 Å². The molecule has 7 heteroatoms. The Bertz CT molecular complexity index is 139. The van der Waals surface area contributed by atoms with E-state index in [1.807, 2.05) is 0 Å². The molecule has 0 aromatic rings. The third-order valence-electron chi connectivity index (χ3n) is 2.58. The van der Waals surface area contributed by atoms with E-state index in [1.54, 1.807) is 21.3 Å². The van der Waals surface area contributed by atoms with Crippen molar-refractivity contribution in [3.8, 4) is 0 Å². The molecule has 0 amide bonds. The van der Waals surface area contributed by atoms with E-state index in [0.717, 1.165) is 6.04 Å². The minimum Gasteiger partial charge on any atom is -0.460 e. The van der Waals surface area contributed by atoms with E-state index in [2.05, 4.69) is 13.5 Å². The van der Waals surface area contributed by atoms with E-state index < -0.39 is 16.2 Å². The van der Waals surface area contributed by atoms with Gasteiger partial charge in [-0.05, 0) is 12.6 Å². The van der Waals surface area contributed by atoms with E-state index in [9.17, 15) is 0 Å². The van der Waals surface area contributed by atoms with Crippen LogP contribution in [0.1, 0.15) is 6.92 Å². The van der Waals surface area contributed by atoms with Crippen LogP contribution in [0.15, 0.2) is 0 Å². The second-order valence-corrected chi connectivity index (χ2v) is 15.1. The highest BCUT2D eigenvalue weighted by atomic mass is 29.3. The maximum Gasteiger partial charge on any atom is 0.501 e. The highest BCUT2D eigenvalue weighted by Crippen LogP contribution is 2.25. The zero-order chi connectivity index (χ0) is 10.5. The highest BCUT2D eigenvalue weighted by Gasteiger charge is 2.58. The molecule has 0 fully saturated rings. The van der Waals surface area contributed by atoms with Crippen LogP contribution in [0.2, 0.25) is 12.6 Å². The summed E-state index contributed by atoms with van der Waals surface area (Å²) in [6, 6.07) is 0.957. The summed E-state index contributed by atoms with van der Waals surface area (Å²) in [7, 11) is 1.16. The Morgan fingerprint density at radius 1 is 1.08 bits per heavy atom. The minimum absolute atomic E-state index is 0.707. The molecule has 1 unspecified atom stereocenters. The molecule has 80 valence electrons. The first-order valence-electron chi connectivity index (χ1n) is 4.26. The molecule has 0 saturated heterocycles. The van der Waals surface area contributed by atoms with Gasteiger partial charge in [0.2, 0.25) is 0 Å².